The molecular formula is C19H18BFN6O2. The van der Waals surface area contributed by atoms with E-state index >= 15 is 0 Å². The fourth-order valence-corrected chi connectivity index (χ4v) is 3.61. The number of benzene rings is 1. The van der Waals surface area contributed by atoms with Gasteiger partial charge >= 0.3 is 6.92 Å². The molecule has 1 aliphatic rings. The largest absolute Gasteiger partial charge is 0.482 e. The number of nitrogens with zero attached hydrogens (tertiary/aromatic N) is 5. The lowest BCUT2D eigenvalue weighted by molar-refractivity contribution is 0.225. The molecule has 2 aromatic heterocycles. The van der Waals surface area contributed by atoms with Gasteiger partial charge in [0.2, 0.25) is 0 Å². The Balaban J connectivity index is 1.94. The highest BCUT2D eigenvalue weighted by Crippen LogP contribution is 2.32. The topological polar surface area (TPSA) is 123 Å². The second-order valence-corrected chi connectivity index (χ2v) is 6.98. The normalized spacial score (nSPS) is 16.0. The Morgan fingerprint density at radius 2 is 2.17 bits per heavy atom. The van der Waals surface area contributed by atoms with Crippen molar-refractivity contribution < 1.29 is 14.2 Å². The fourth-order valence-electron chi connectivity index (χ4n) is 3.61. The van der Waals surface area contributed by atoms with Crippen molar-refractivity contribution in [3.05, 3.63) is 46.9 Å². The molecule has 0 spiro atoms. The van der Waals surface area contributed by atoms with Crippen molar-refractivity contribution in [1.29, 1.82) is 5.26 Å². The number of rotatable bonds is 0. The zero-order valence-electron chi connectivity index (χ0n) is 15.9. The van der Waals surface area contributed by atoms with Gasteiger partial charge in [0, 0.05) is 13.1 Å². The Morgan fingerprint density at radius 3 is 2.93 bits per heavy atom. The highest BCUT2D eigenvalue weighted by Gasteiger charge is 2.29. The van der Waals surface area contributed by atoms with Crippen LogP contribution in [0.1, 0.15) is 29.8 Å². The van der Waals surface area contributed by atoms with Gasteiger partial charge in [-0.2, -0.15) is 10.4 Å². The van der Waals surface area contributed by atoms with Gasteiger partial charge in [0.25, 0.3) is 0 Å². The second-order valence-electron chi connectivity index (χ2n) is 6.98. The van der Waals surface area contributed by atoms with Crippen LogP contribution in [-0.4, -0.2) is 31.9 Å². The summed E-state index contributed by atoms with van der Waals surface area (Å²) < 4.78 is 21.3. The SMILES string of the molecule is CC1Oc2cc(nnc2N)-c2c(nn(C)c2C#N)B(O)CCc2ccc(F)cc21. The number of nitrogen functional groups attached to an aromatic ring is 1. The number of aryl methyl sites for hydroxylation is 2. The minimum atomic E-state index is -0.949. The maximum Gasteiger partial charge on any atom is 0.347 e. The maximum absolute atomic E-state index is 13.9. The number of halogens is 1. The lowest BCUT2D eigenvalue weighted by Crippen LogP contribution is -2.34. The number of ether oxygens (including phenoxy) is 1. The van der Waals surface area contributed by atoms with Gasteiger partial charge in [-0.1, -0.05) is 6.07 Å². The maximum atomic E-state index is 13.9. The predicted molar refractivity (Wildman–Crippen MR) is 105 cm³/mol. The van der Waals surface area contributed by atoms with Crippen molar-refractivity contribution in [3.63, 3.8) is 0 Å². The van der Waals surface area contributed by atoms with Crippen LogP contribution in [0.4, 0.5) is 10.2 Å². The van der Waals surface area contributed by atoms with Gasteiger partial charge in [-0.25, -0.2) is 4.39 Å². The quantitative estimate of drug-likeness (QED) is 0.554. The molecule has 0 fully saturated rings. The first-order chi connectivity index (χ1) is 13.9. The Morgan fingerprint density at radius 1 is 1.38 bits per heavy atom. The Hall–Kier alpha value is -3.45. The second kappa shape index (κ2) is 7.18. The van der Waals surface area contributed by atoms with E-state index in [-0.39, 0.29) is 23.1 Å². The summed E-state index contributed by atoms with van der Waals surface area (Å²) in [7, 11) is 1.62. The average Bonchev–Trinajstić information content (AvgIpc) is 3.04. The first kappa shape index (κ1) is 18.9. The highest BCUT2D eigenvalue weighted by molar-refractivity contribution is 6.66. The molecule has 0 amide bonds. The fraction of sp³-hybridized carbons (Fsp3) is 0.263. The van der Waals surface area contributed by atoms with Crippen molar-refractivity contribution in [3.8, 4) is 23.1 Å². The summed E-state index contributed by atoms with van der Waals surface area (Å²) in [5.41, 5.74) is 8.74. The summed E-state index contributed by atoms with van der Waals surface area (Å²) >= 11 is 0. The van der Waals surface area contributed by atoms with Gasteiger partial charge in [0.1, 0.15) is 29.4 Å². The summed E-state index contributed by atoms with van der Waals surface area (Å²) in [6.07, 6.45) is 0.285. The van der Waals surface area contributed by atoms with Crippen LogP contribution in [0.3, 0.4) is 0 Å². The van der Waals surface area contributed by atoms with Crippen molar-refractivity contribution in [2.24, 2.45) is 7.05 Å². The molecule has 1 unspecified atom stereocenters. The molecule has 1 atom stereocenters. The van der Waals surface area contributed by atoms with Crippen LogP contribution in [0.5, 0.6) is 5.75 Å². The Kier molecular flexibility index (Phi) is 4.68. The van der Waals surface area contributed by atoms with E-state index in [1.165, 1.54) is 16.8 Å². The molecule has 0 saturated heterocycles. The monoisotopic (exact) mass is 392 g/mol. The summed E-state index contributed by atoms with van der Waals surface area (Å²) in [4.78, 5) is 0. The van der Waals surface area contributed by atoms with E-state index in [1.54, 1.807) is 26.1 Å². The average molecular weight is 392 g/mol. The first-order valence-corrected chi connectivity index (χ1v) is 9.12. The third-order valence-corrected chi connectivity index (χ3v) is 5.07. The van der Waals surface area contributed by atoms with Crippen LogP contribution in [0.25, 0.3) is 11.3 Å². The van der Waals surface area contributed by atoms with E-state index in [0.717, 1.165) is 5.56 Å². The smallest absolute Gasteiger partial charge is 0.347 e. The molecule has 3 N–H and O–H groups in total. The number of fused-ring (bicyclic) bond motifs is 5. The molecule has 4 rings (SSSR count). The third-order valence-electron chi connectivity index (χ3n) is 5.07. The number of aromatic nitrogens is 4. The molecule has 3 aromatic rings. The lowest BCUT2D eigenvalue weighted by Gasteiger charge is -2.20. The molecule has 3 heterocycles. The van der Waals surface area contributed by atoms with Crippen LogP contribution >= 0.6 is 0 Å². The highest BCUT2D eigenvalue weighted by atomic mass is 19.1. The molecule has 1 aliphatic heterocycles. The van der Waals surface area contributed by atoms with Gasteiger partial charge in [-0.3, -0.25) is 4.68 Å². The van der Waals surface area contributed by atoms with E-state index in [9.17, 15) is 14.7 Å². The van der Waals surface area contributed by atoms with Crippen molar-refractivity contribution in [2.75, 3.05) is 5.73 Å². The van der Waals surface area contributed by atoms with E-state index in [2.05, 4.69) is 21.4 Å². The zero-order chi connectivity index (χ0) is 20.7. The molecule has 0 aliphatic carbocycles. The van der Waals surface area contributed by atoms with Crippen LogP contribution < -0.4 is 16.1 Å². The minimum absolute atomic E-state index is 0.0695. The van der Waals surface area contributed by atoms with Gasteiger partial charge in [-0.15, -0.1) is 10.2 Å². The summed E-state index contributed by atoms with van der Waals surface area (Å²) in [6.45, 7) is 0.839. The number of hydrogen-bond donors (Lipinski definition) is 2. The third kappa shape index (κ3) is 3.30. The molecule has 0 radical (unpaired) electrons. The number of nitrogens with two attached hydrogens (primary N) is 1. The molecule has 10 heteroatoms. The van der Waals surface area contributed by atoms with Crippen LogP contribution in [0.2, 0.25) is 6.32 Å². The van der Waals surface area contributed by atoms with Gasteiger partial charge < -0.3 is 15.5 Å². The standard InChI is InChI=1S/C19H18BFN6O2/c1-10-13-7-12(21)4-3-11(13)5-6-20(28)18-17(15(9-22)27(2)26-18)14-8-16(29-10)19(23)25-24-14/h3-4,7-8,10,28H,5-6H2,1-2H3,(H2,23,25). The molecule has 29 heavy (non-hydrogen) atoms. The Bertz CT molecular complexity index is 1140. The first-order valence-electron chi connectivity index (χ1n) is 9.12. The number of hydrogen-bond acceptors (Lipinski definition) is 7. The lowest BCUT2D eigenvalue weighted by atomic mass is 9.59. The van der Waals surface area contributed by atoms with Crippen molar-refractivity contribution >= 4 is 18.3 Å². The van der Waals surface area contributed by atoms with Crippen LogP contribution in [0, 0.1) is 17.1 Å². The molecule has 146 valence electrons. The number of nitriles is 1. The van der Waals surface area contributed by atoms with Gasteiger partial charge in [0.15, 0.2) is 11.6 Å². The summed E-state index contributed by atoms with van der Waals surface area (Å²) in [6, 6.07) is 8.14. The van der Waals surface area contributed by atoms with Crippen LogP contribution in [0.15, 0.2) is 24.3 Å². The van der Waals surface area contributed by atoms with Gasteiger partial charge in [-0.05, 0) is 42.9 Å². The van der Waals surface area contributed by atoms with E-state index < -0.39 is 13.0 Å². The minimum Gasteiger partial charge on any atom is -0.482 e. The van der Waals surface area contributed by atoms with Gasteiger partial charge in [0.05, 0.1) is 11.2 Å². The zero-order valence-corrected chi connectivity index (χ0v) is 15.9. The predicted octanol–water partition coefficient (Wildman–Crippen LogP) is 1.36. The van der Waals surface area contributed by atoms with E-state index in [4.69, 9.17) is 10.5 Å². The molecule has 8 nitrogen and oxygen atoms in total. The molecule has 1 aromatic carbocycles. The van der Waals surface area contributed by atoms with Crippen LogP contribution in [-0.2, 0) is 13.5 Å². The summed E-state index contributed by atoms with van der Waals surface area (Å²) in [5.74, 6) is -0.0504. The molecule has 2 bridgehead atoms. The molecular weight excluding hydrogens is 374 g/mol. The van der Waals surface area contributed by atoms with E-state index in [0.29, 0.717) is 35.2 Å². The number of anilines is 1. The van der Waals surface area contributed by atoms with Crippen molar-refractivity contribution in [2.45, 2.75) is 25.8 Å². The van der Waals surface area contributed by atoms with E-state index in [1.807, 2.05) is 0 Å². The summed E-state index contributed by atoms with van der Waals surface area (Å²) in [5, 5.41) is 32.8. The van der Waals surface area contributed by atoms with Crippen molar-refractivity contribution in [1.82, 2.24) is 20.0 Å². The molecule has 0 saturated carbocycles. The Labute approximate surface area is 166 Å².